The first-order chi connectivity index (χ1) is 10.2. The summed E-state index contributed by atoms with van der Waals surface area (Å²) in [6.07, 6.45) is 2.94. The normalized spacial score (nSPS) is 13.4. The summed E-state index contributed by atoms with van der Waals surface area (Å²) in [5, 5.41) is 6.39. The maximum absolute atomic E-state index is 11.5. The number of sulfone groups is 1. The van der Waals surface area contributed by atoms with Gasteiger partial charge in [0.05, 0.1) is 4.90 Å². The van der Waals surface area contributed by atoms with Crippen LogP contribution in [-0.2, 0) is 9.84 Å². The molecule has 5 nitrogen and oxygen atoms in total. The zero-order valence-corrected chi connectivity index (χ0v) is 15.3. The lowest BCUT2D eigenvalue weighted by Gasteiger charge is -2.28. The van der Waals surface area contributed by atoms with Crippen LogP contribution in [-0.4, -0.2) is 32.3 Å². The molecule has 1 unspecified atom stereocenters. The molecule has 0 heterocycles. The molecule has 0 bridgehead atoms. The Kier molecular flexibility index (Phi) is 6.65. The van der Waals surface area contributed by atoms with Gasteiger partial charge in [0.2, 0.25) is 0 Å². The number of nitrogens with one attached hydrogen (secondary N) is 2. The molecule has 0 aliphatic carbocycles. The van der Waals surface area contributed by atoms with E-state index in [1.165, 1.54) is 18.4 Å². The van der Waals surface area contributed by atoms with Crippen LogP contribution >= 0.6 is 23.8 Å². The summed E-state index contributed by atoms with van der Waals surface area (Å²) in [7, 11) is -1.44. The summed E-state index contributed by atoms with van der Waals surface area (Å²) in [6, 6.07) is 6.44. The van der Waals surface area contributed by atoms with E-state index in [9.17, 15) is 8.42 Å². The van der Waals surface area contributed by atoms with E-state index in [4.69, 9.17) is 23.8 Å². The Balaban J connectivity index is 3.06. The highest BCUT2D eigenvalue weighted by molar-refractivity contribution is 7.90. The lowest BCUT2D eigenvalue weighted by molar-refractivity contribution is 0.602. The van der Waals surface area contributed by atoms with Crippen LogP contribution in [0.25, 0.3) is 0 Å². The van der Waals surface area contributed by atoms with E-state index in [-0.39, 0.29) is 4.90 Å². The Morgan fingerprint density at radius 3 is 2.32 bits per heavy atom. The minimum Gasteiger partial charge on any atom is -0.393 e. The van der Waals surface area contributed by atoms with Crippen molar-refractivity contribution < 1.29 is 8.42 Å². The van der Waals surface area contributed by atoms with Crippen LogP contribution in [0.4, 0.5) is 5.69 Å². The predicted octanol–water partition coefficient (Wildman–Crippen LogP) is 2.44. The van der Waals surface area contributed by atoms with Gasteiger partial charge < -0.3 is 15.5 Å². The Morgan fingerprint density at radius 2 is 1.91 bits per heavy atom. The highest BCUT2D eigenvalue weighted by Gasteiger charge is 2.18. The Hall–Kier alpha value is -1.31. The fourth-order valence-electron chi connectivity index (χ4n) is 1.82. The molecule has 0 spiro atoms. The second kappa shape index (κ2) is 7.80. The van der Waals surface area contributed by atoms with E-state index in [2.05, 4.69) is 10.6 Å². The van der Waals surface area contributed by atoms with Gasteiger partial charge in [0, 0.05) is 30.9 Å². The maximum Gasteiger partial charge on any atom is 0.179 e. The highest BCUT2D eigenvalue weighted by Crippen LogP contribution is 2.22. The van der Waals surface area contributed by atoms with E-state index in [0.717, 1.165) is 5.70 Å². The molecular formula is C14H20ClN3O2S2. The molecule has 0 saturated heterocycles. The second-order valence-electron chi connectivity index (χ2n) is 4.76. The zero-order valence-electron chi connectivity index (χ0n) is 12.9. The summed E-state index contributed by atoms with van der Waals surface area (Å²) in [5.41, 5.74) is 1.15. The van der Waals surface area contributed by atoms with Gasteiger partial charge in [-0.2, -0.15) is 0 Å². The van der Waals surface area contributed by atoms with Gasteiger partial charge in [-0.15, -0.1) is 0 Å². The van der Waals surface area contributed by atoms with Crippen molar-refractivity contribution >= 4 is 44.5 Å². The molecule has 1 rings (SSSR count). The van der Waals surface area contributed by atoms with Crippen molar-refractivity contribution in [1.82, 2.24) is 10.6 Å². The van der Waals surface area contributed by atoms with Gasteiger partial charge in [0.25, 0.3) is 0 Å². The summed E-state index contributed by atoms with van der Waals surface area (Å²) >= 11 is 11.6. The molecule has 0 aliphatic rings. The van der Waals surface area contributed by atoms with Crippen molar-refractivity contribution in [3.8, 4) is 0 Å². The van der Waals surface area contributed by atoms with Gasteiger partial charge in [0.15, 0.2) is 14.9 Å². The number of anilines is 1. The molecule has 0 aromatic heterocycles. The van der Waals surface area contributed by atoms with Crippen molar-refractivity contribution in [2.45, 2.75) is 24.2 Å². The molecule has 1 atom stereocenters. The monoisotopic (exact) mass is 361 g/mol. The lowest BCUT2D eigenvalue weighted by Crippen LogP contribution is -2.42. The zero-order chi connectivity index (χ0) is 16.9. The summed E-state index contributed by atoms with van der Waals surface area (Å²) in [4.78, 5) is 1.96. The summed E-state index contributed by atoms with van der Waals surface area (Å²) in [6.45, 7) is 3.66. The van der Waals surface area contributed by atoms with Gasteiger partial charge in [0.1, 0.15) is 5.50 Å². The molecular weight excluding hydrogens is 342 g/mol. The molecule has 22 heavy (non-hydrogen) atoms. The standard InChI is InChI=1S/C14H20ClN3O2S2/c1-10(9-16-3)17-14(21)18(11(2)15)12-5-7-13(8-6-12)22(4,19)20/h5-9,11,16H,1-4H3,(H,17,21)/b10-9+. The first kappa shape index (κ1) is 18.7. The van der Waals surface area contributed by atoms with Crippen molar-refractivity contribution in [1.29, 1.82) is 0 Å². The van der Waals surface area contributed by atoms with Crippen molar-refractivity contribution in [2.75, 3.05) is 18.2 Å². The smallest absolute Gasteiger partial charge is 0.179 e. The number of benzene rings is 1. The van der Waals surface area contributed by atoms with Crippen LogP contribution in [0.15, 0.2) is 41.1 Å². The van der Waals surface area contributed by atoms with E-state index in [0.29, 0.717) is 10.8 Å². The molecule has 8 heteroatoms. The van der Waals surface area contributed by atoms with Crippen LogP contribution in [0.3, 0.4) is 0 Å². The fraction of sp³-hybridized carbons (Fsp3) is 0.357. The fourth-order valence-corrected chi connectivity index (χ4v) is 3.14. The largest absolute Gasteiger partial charge is 0.393 e. The first-order valence-electron chi connectivity index (χ1n) is 6.55. The van der Waals surface area contributed by atoms with Crippen LogP contribution in [0.1, 0.15) is 13.8 Å². The number of thiocarbonyl (C=S) groups is 1. The molecule has 0 fully saturated rings. The highest BCUT2D eigenvalue weighted by atomic mass is 35.5. The molecule has 0 aliphatic heterocycles. The third-order valence-electron chi connectivity index (χ3n) is 2.78. The predicted molar refractivity (Wildman–Crippen MR) is 95.9 cm³/mol. The third-order valence-corrected chi connectivity index (χ3v) is 4.40. The van der Waals surface area contributed by atoms with Crippen molar-refractivity contribution in [3.05, 3.63) is 36.2 Å². The lowest BCUT2D eigenvalue weighted by atomic mass is 10.3. The number of nitrogens with zero attached hydrogens (tertiary/aromatic N) is 1. The summed E-state index contributed by atoms with van der Waals surface area (Å²) < 4.78 is 23.0. The van der Waals surface area contributed by atoms with Crippen LogP contribution < -0.4 is 15.5 Å². The SMILES string of the molecule is CN/C=C(\C)NC(=S)N(c1ccc(S(C)(=O)=O)cc1)C(C)Cl. The number of hydrogen-bond donors (Lipinski definition) is 2. The van der Waals surface area contributed by atoms with E-state index in [1.54, 1.807) is 37.2 Å². The first-order valence-corrected chi connectivity index (χ1v) is 9.29. The van der Waals surface area contributed by atoms with Crippen LogP contribution in [0.5, 0.6) is 0 Å². The molecule has 1 aromatic rings. The summed E-state index contributed by atoms with van der Waals surface area (Å²) in [5.74, 6) is 0. The molecule has 122 valence electrons. The number of allylic oxidation sites excluding steroid dienone is 1. The van der Waals surface area contributed by atoms with Gasteiger partial charge in [-0.3, -0.25) is 0 Å². The van der Waals surface area contributed by atoms with Gasteiger partial charge >= 0.3 is 0 Å². The van der Waals surface area contributed by atoms with Gasteiger partial charge in [-0.05, 0) is 50.3 Å². The third kappa shape index (κ3) is 5.15. The number of rotatable bonds is 5. The molecule has 1 aromatic carbocycles. The van der Waals surface area contributed by atoms with Crippen LogP contribution in [0.2, 0.25) is 0 Å². The molecule has 0 amide bonds. The van der Waals surface area contributed by atoms with Crippen LogP contribution in [0, 0.1) is 0 Å². The van der Waals surface area contributed by atoms with E-state index < -0.39 is 15.3 Å². The van der Waals surface area contributed by atoms with E-state index >= 15 is 0 Å². The quantitative estimate of drug-likeness (QED) is 0.477. The van der Waals surface area contributed by atoms with Gasteiger partial charge in [-0.1, -0.05) is 11.6 Å². The Bertz CT molecular complexity index is 655. The molecule has 0 saturated carbocycles. The minimum atomic E-state index is -3.23. The molecule has 2 N–H and O–H groups in total. The Morgan fingerprint density at radius 1 is 1.36 bits per heavy atom. The topological polar surface area (TPSA) is 61.4 Å². The Labute approximate surface area is 142 Å². The molecule has 0 radical (unpaired) electrons. The number of hydrogen-bond acceptors (Lipinski definition) is 4. The maximum atomic E-state index is 11.5. The van der Waals surface area contributed by atoms with Crippen molar-refractivity contribution in [2.24, 2.45) is 0 Å². The van der Waals surface area contributed by atoms with Gasteiger partial charge in [-0.25, -0.2) is 8.42 Å². The van der Waals surface area contributed by atoms with E-state index in [1.807, 2.05) is 6.92 Å². The average Bonchev–Trinajstić information content (AvgIpc) is 2.38. The number of halogens is 1. The average molecular weight is 362 g/mol. The van der Waals surface area contributed by atoms with Crippen molar-refractivity contribution in [3.63, 3.8) is 0 Å². The number of alkyl halides is 1. The second-order valence-corrected chi connectivity index (χ2v) is 7.79. The minimum absolute atomic E-state index is 0.253.